The van der Waals surface area contributed by atoms with Gasteiger partial charge in [0.05, 0.1) is 19.3 Å². The maximum atomic E-state index is 12.1. The molecule has 1 N–H and O–H groups in total. The zero-order chi connectivity index (χ0) is 15.3. The molecule has 3 atom stereocenters. The van der Waals surface area contributed by atoms with Crippen LogP contribution in [0.25, 0.3) is 0 Å². The number of likely N-dealkylation sites (tertiary alicyclic amines) is 1. The molecule has 0 bridgehead atoms. The predicted molar refractivity (Wildman–Crippen MR) is 76.7 cm³/mol. The maximum Gasteiger partial charge on any atom is 0.327 e. The van der Waals surface area contributed by atoms with Crippen LogP contribution in [0.2, 0.25) is 0 Å². The zero-order valence-corrected chi connectivity index (χ0v) is 13.4. The summed E-state index contributed by atoms with van der Waals surface area (Å²) in [5.74, 6) is -0.249. The van der Waals surface area contributed by atoms with E-state index in [-0.39, 0.29) is 24.2 Å². The molecule has 6 nitrogen and oxygen atoms in total. The molecule has 1 heterocycles. The molecule has 1 rings (SSSR count). The minimum atomic E-state index is -0.732. The summed E-state index contributed by atoms with van der Waals surface area (Å²) < 4.78 is 15.8. The van der Waals surface area contributed by atoms with Gasteiger partial charge >= 0.3 is 5.97 Å². The van der Waals surface area contributed by atoms with E-state index in [9.17, 15) is 4.79 Å². The molecule has 0 amide bonds. The number of esters is 1. The van der Waals surface area contributed by atoms with Crippen LogP contribution in [0.15, 0.2) is 0 Å². The molecule has 0 saturated carbocycles. The Labute approximate surface area is 121 Å². The summed E-state index contributed by atoms with van der Waals surface area (Å²) in [6.07, 6.45) is 0.0851. The fraction of sp³-hybridized carbons (Fsp3) is 0.929. The largest absolute Gasteiger partial charge is 0.468 e. The highest BCUT2D eigenvalue weighted by atomic mass is 16.5. The standard InChI is InChI=1S/C14H28N2O4/c1-10(2)15-14(3,13(17)20-6)9-16-7-11(18-4)12(8-16)19-5/h10-12,15H,7-9H2,1-6H3. The summed E-state index contributed by atoms with van der Waals surface area (Å²) in [6.45, 7) is 7.98. The summed E-state index contributed by atoms with van der Waals surface area (Å²) in [5, 5.41) is 3.30. The van der Waals surface area contributed by atoms with Crippen molar-refractivity contribution in [1.82, 2.24) is 10.2 Å². The Morgan fingerprint density at radius 3 is 2.10 bits per heavy atom. The fourth-order valence-corrected chi connectivity index (χ4v) is 2.88. The van der Waals surface area contributed by atoms with Crippen LogP contribution in [-0.2, 0) is 19.0 Å². The van der Waals surface area contributed by atoms with Crippen LogP contribution in [-0.4, -0.2) is 75.6 Å². The third kappa shape index (κ3) is 4.15. The molecular weight excluding hydrogens is 260 g/mol. The topological polar surface area (TPSA) is 60.0 Å². The van der Waals surface area contributed by atoms with Crippen molar-refractivity contribution in [3.63, 3.8) is 0 Å². The molecule has 0 aromatic carbocycles. The van der Waals surface area contributed by atoms with E-state index in [1.54, 1.807) is 14.2 Å². The molecule has 118 valence electrons. The van der Waals surface area contributed by atoms with Crippen LogP contribution in [0, 0.1) is 0 Å². The quantitative estimate of drug-likeness (QED) is 0.678. The van der Waals surface area contributed by atoms with Crippen LogP contribution in [0.4, 0.5) is 0 Å². The van der Waals surface area contributed by atoms with Gasteiger partial charge in [0, 0.05) is 39.9 Å². The van der Waals surface area contributed by atoms with E-state index in [0.29, 0.717) is 6.54 Å². The van der Waals surface area contributed by atoms with E-state index in [1.807, 2.05) is 20.8 Å². The van der Waals surface area contributed by atoms with Crippen molar-refractivity contribution < 1.29 is 19.0 Å². The Morgan fingerprint density at radius 2 is 1.75 bits per heavy atom. The van der Waals surface area contributed by atoms with E-state index < -0.39 is 5.54 Å². The highest BCUT2D eigenvalue weighted by Gasteiger charge is 2.41. The number of nitrogens with one attached hydrogen (secondary N) is 1. The minimum Gasteiger partial charge on any atom is -0.468 e. The van der Waals surface area contributed by atoms with Gasteiger partial charge in [-0.05, 0) is 20.8 Å². The second kappa shape index (κ2) is 7.36. The van der Waals surface area contributed by atoms with Crippen molar-refractivity contribution in [2.24, 2.45) is 0 Å². The summed E-state index contributed by atoms with van der Waals surface area (Å²) >= 11 is 0. The first kappa shape index (κ1) is 17.4. The first-order chi connectivity index (χ1) is 9.36. The molecule has 1 aliphatic heterocycles. The van der Waals surface area contributed by atoms with E-state index >= 15 is 0 Å². The Hall–Kier alpha value is -0.690. The molecule has 3 unspecified atom stereocenters. The lowest BCUT2D eigenvalue weighted by atomic mass is 10.0. The second-order valence-electron chi connectivity index (χ2n) is 5.87. The van der Waals surface area contributed by atoms with Crippen molar-refractivity contribution in [3.8, 4) is 0 Å². The van der Waals surface area contributed by atoms with E-state index in [4.69, 9.17) is 14.2 Å². The summed E-state index contributed by atoms with van der Waals surface area (Å²) in [6, 6.07) is 0.193. The number of carbonyl (C=O) groups is 1. The Bertz CT molecular complexity index is 312. The van der Waals surface area contributed by atoms with Crippen molar-refractivity contribution in [2.45, 2.75) is 44.6 Å². The molecule has 1 saturated heterocycles. The Kier molecular flexibility index (Phi) is 6.39. The minimum absolute atomic E-state index is 0.0425. The molecule has 0 aromatic heterocycles. The monoisotopic (exact) mass is 288 g/mol. The molecule has 1 fully saturated rings. The van der Waals surface area contributed by atoms with Gasteiger partial charge in [-0.1, -0.05) is 0 Å². The number of carbonyl (C=O) groups excluding carboxylic acids is 1. The first-order valence-corrected chi connectivity index (χ1v) is 7.00. The lowest BCUT2D eigenvalue weighted by molar-refractivity contribution is -0.149. The lowest BCUT2D eigenvalue weighted by Gasteiger charge is -2.33. The molecule has 1 aliphatic rings. The molecule has 0 spiro atoms. The first-order valence-electron chi connectivity index (χ1n) is 7.00. The number of ether oxygens (including phenoxy) is 3. The van der Waals surface area contributed by atoms with E-state index in [2.05, 4.69) is 10.2 Å². The normalized spacial score (nSPS) is 26.8. The third-order valence-electron chi connectivity index (χ3n) is 3.68. The van der Waals surface area contributed by atoms with E-state index in [0.717, 1.165) is 13.1 Å². The van der Waals surface area contributed by atoms with Gasteiger partial charge in [0.25, 0.3) is 0 Å². The zero-order valence-electron chi connectivity index (χ0n) is 13.4. The van der Waals surface area contributed by atoms with Crippen molar-refractivity contribution in [3.05, 3.63) is 0 Å². The third-order valence-corrected chi connectivity index (χ3v) is 3.68. The van der Waals surface area contributed by atoms with Crippen LogP contribution < -0.4 is 5.32 Å². The molecule has 20 heavy (non-hydrogen) atoms. The van der Waals surface area contributed by atoms with Gasteiger partial charge in [-0.15, -0.1) is 0 Å². The number of hydrogen-bond acceptors (Lipinski definition) is 6. The fourth-order valence-electron chi connectivity index (χ4n) is 2.88. The van der Waals surface area contributed by atoms with Gasteiger partial charge in [0.1, 0.15) is 5.54 Å². The van der Waals surface area contributed by atoms with Crippen LogP contribution in [0.1, 0.15) is 20.8 Å². The molecular formula is C14H28N2O4. The van der Waals surface area contributed by atoms with Crippen LogP contribution >= 0.6 is 0 Å². The van der Waals surface area contributed by atoms with Gasteiger partial charge in [-0.25, -0.2) is 0 Å². The molecule has 6 heteroatoms. The smallest absolute Gasteiger partial charge is 0.327 e. The number of methoxy groups -OCH3 is 3. The lowest BCUT2D eigenvalue weighted by Crippen LogP contribution is -2.59. The van der Waals surface area contributed by atoms with Crippen molar-refractivity contribution in [2.75, 3.05) is 41.0 Å². The molecule has 0 radical (unpaired) electrons. The van der Waals surface area contributed by atoms with Gasteiger partial charge < -0.3 is 14.2 Å². The maximum absolute atomic E-state index is 12.1. The van der Waals surface area contributed by atoms with Gasteiger partial charge in [0.15, 0.2) is 0 Å². The second-order valence-corrected chi connectivity index (χ2v) is 5.87. The van der Waals surface area contributed by atoms with Gasteiger partial charge in [-0.3, -0.25) is 15.0 Å². The predicted octanol–water partition coefficient (Wildman–Crippen LogP) is 0.262. The average Bonchev–Trinajstić information content (AvgIpc) is 2.78. The van der Waals surface area contributed by atoms with Gasteiger partial charge in [-0.2, -0.15) is 0 Å². The highest BCUT2D eigenvalue weighted by molar-refractivity contribution is 5.80. The van der Waals surface area contributed by atoms with E-state index in [1.165, 1.54) is 7.11 Å². The number of nitrogens with zero attached hydrogens (tertiary/aromatic N) is 1. The Balaban J connectivity index is 2.74. The average molecular weight is 288 g/mol. The highest BCUT2D eigenvalue weighted by Crippen LogP contribution is 2.19. The van der Waals surface area contributed by atoms with Gasteiger partial charge in [0.2, 0.25) is 0 Å². The summed E-state index contributed by atoms with van der Waals surface area (Å²) in [4.78, 5) is 14.3. The van der Waals surface area contributed by atoms with Crippen LogP contribution in [0.3, 0.4) is 0 Å². The Morgan fingerprint density at radius 1 is 1.25 bits per heavy atom. The summed E-state index contributed by atoms with van der Waals surface area (Å²) in [7, 11) is 4.79. The number of hydrogen-bond donors (Lipinski definition) is 1. The SMILES string of the molecule is COC(=O)C(C)(CN1CC(OC)C(OC)C1)NC(C)C. The number of rotatable bonds is 7. The summed E-state index contributed by atoms with van der Waals surface area (Å²) in [5.41, 5.74) is -0.732. The van der Waals surface area contributed by atoms with Crippen molar-refractivity contribution in [1.29, 1.82) is 0 Å². The molecule has 0 aliphatic carbocycles. The van der Waals surface area contributed by atoms with Crippen LogP contribution in [0.5, 0.6) is 0 Å². The van der Waals surface area contributed by atoms with Crippen molar-refractivity contribution >= 4 is 5.97 Å². The molecule has 0 aromatic rings.